The van der Waals surface area contributed by atoms with Crippen molar-refractivity contribution in [1.29, 1.82) is 0 Å². The first-order valence-electron chi connectivity index (χ1n) is 8.97. The first-order chi connectivity index (χ1) is 14.4. The number of sulfone groups is 1. The molecule has 0 saturated carbocycles. The number of hydrogen-bond acceptors (Lipinski definition) is 5. The van der Waals surface area contributed by atoms with Gasteiger partial charge in [-0.3, -0.25) is 9.67 Å². The van der Waals surface area contributed by atoms with Gasteiger partial charge < -0.3 is 0 Å². The van der Waals surface area contributed by atoms with Crippen molar-refractivity contribution in [2.24, 2.45) is 0 Å². The third-order valence-electron chi connectivity index (χ3n) is 4.80. The summed E-state index contributed by atoms with van der Waals surface area (Å²) >= 11 is 1.20. The van der Waals surface area contributed by atoms with Crippen molar-refractivity contribution in [3.8, 4) is 27.4 Å². The Morgan fingerprint density at radius 2 is 1.72 bits per heavy atom. The van der Waals surface area contributed by atoms with E-state index in [0.29, 0.717) is 4.21 Å². The Kier molecular flexibility index (Phi) is 6.75. The van der Waals surface area contributed by atoms with Crippen molar-refractivity contribution in [1.82, 2.24) is 19.7 Å². The maximum absolute atomic E-state index is 13.3. The molecule has 166 valence electrons. The van der Waals surface area contributed by atoms with Gasteiger partial charge in [-0.1, -0.05) is 6.07 Å². The molecule has 0 saturated heterocycles. The van der Waals surface area contributed by atoms with Crippen LogP contribution in [0.5, 0.6) is 0 Å². The number of hydrogen-bond donors (Lipinski definition) is 1. The molecule has 6 nitrogen and oxygen atoms in total. The molecule has 0 aliphatic carbocycles. The molecule has 3 aromatic heterocycles. The van der Waals surface area contributed by atoms with Crippen LogP contribution in [0.2, 0.25) is 0 Å². The van der Waals surface area contributed by atoms with Crippen LogP contribution in [0.15, 0.2) is 71.3 Å². The summed E-state index contributed by atoms with van der Waals surface area (Å²) in [6.45, 7) is 0. The number of aromatic nitrogens is 4. The summed E-state index contributed by atoms with van der Waals surface area (Å²) in [5.41, 5.74) is 5.04. The first-order valence-corrected chi connectivity index (χ1v) is 11.7. The summed E-state index contributed by atoms with van der Waals surface area (Å²) in [7, 11) is -3.26. The standard InChI is InChI=1S/C21H15FN4O2S2.2ClH/c1-30(27,28)20-9-8-19(29-20)26-12-23-17-7-4-14(10-18(17)26)16-11-24-25-21(16)13-2-5-15(22)6-3-13;;/h2-12H,1H3,(H,24,25);2*1H. The Balaban J connectivity index is 0.00000144. The fraction of sp³-hybridized carbons (Fsp3) is 0.0476. The van der Waals surface area contributed by atoms with E-state index >= 15 is 0 Å². The second-order valence-corrected chi connectivity index (χ2v) is 10.2. The third-order valence-corrected chi connectivity index (χ3v) is 7.70. The summed E-state index contributed by atoms with van der Waals surface area (Å²) in [5, 5.41) is 7.92. The lowest BCUT2D eigenvalue weighted by molar-refractivity contribution is 0.604. The Morgan fingerprint density at radius 1 is 1.00 bits per heavy atom. The quantitative estimate of drug-likeness (QED) is 0.344. The summed E-state index contributed by atoms with van der Waals surface area (Å²) in [5.74, 6) is -0.297. The second-order valence-electron chi connectivity index (χ2n) is 6.85. The first kappa shape index (κ1) is 23.9. The average Bonchev–Trinajstić information content (AvgIpc) is 3.46. The fourth-order valence-electron chi connectivity index (χ4n) is 3.33. The molecule has 0 aliphatic rings. The van der Waals surface area contributed by atoms with Gasteiger partial charge in [0, 0.05) is 17.4 Å². The van der Waals surface area contributed by atoms with E-state index in [0.717, 1.165) is 38.4 Å². The minimum atomic E-state index is -3.26. The monoisotopic (exact) mass is 510 g/mol. The van der Waals surface area contributed by atoms with Gasteiger partial charge in [0.05, 0.1) is 22.9 Å². The highest BCUT2D eigenvalue weighted by Gasteiger charge is 2.15. The van der Waals surface area contributed by atoms with Crippen LogP contribution in [0, 0.1) is 5.82 Å². The van der Waals surface area contributed by atoms with Crippen molar-refractivity contribution in [2.75, 3.05) is 6.26 Å². The van der Waals surface area contributed by atoms with Crippen LogP contribution in [0.4, 0.5) is 4.39 Å². The molecule has 0 bridgehead atoms. The molecule has 0 amide bonds. The van der Waals surface area contributed by atoms with Crippen molar-refractivity contribution in [3.05, 3.63) is 72.9 Å². The second kappa shape index (κ2) is 9.03. The minimum absolute atomic E-state index is 0. The highest BCUT2D eigenvalue weighted by Crippen LogP contribution is 2.33. The Morgan fingerprint density at radius 3 is 2.41 bits per heavy atom. The molecule has 2 aromatic carbocycles. The largest absolute Gasteiger partial charge is 0.290 e. The molecule has 32 heavy (non-hydrogen) atoms. The van der Waals surface area contributed by atoms with Gasteiger partial charge in [-0.15, -0.1) is 36.2 Å². The lowest BCUT2D eigenvalue weighted by Crippen LogP contribution is -1.92. The van der Waals surface area contributed by atoms with E-state index in [9.17, 15) is 12.8 Å². The van der Waals surface area contributed by atoms with Crippen molar-refractivity contribution < 1.29 is 12.8 Å². The summed E-state index contributed by atoms with van der Waals surface area (Å²) < 4.78 is 39.1. The van der Waals surface area contributed by atoms with Crippen molar-refractivity contribution in [3.63, 3.8) is 0 Å². The third kappa shape index (κ3) is 4.29. The van der Waals surface area contributed by atoms with Gasteiger partial charge in [-0.25, -0.2) is 17.8 Å². The summed E-state index contributed by atoms with van der Waals surface area (Å²) in [6.07, 6.45) is 4.61. The van der Waals surface area contributed by atoms with E-state index in [-0.39, 0.29) is 30.6 Å². The highest BCUT2D eigenvalue weighted by atomic mass is 35.5. The van der Waals surface area contributed by atoms with E-state index in [4.69, 9.17) is 0 Å². The molecule has 11 heteroatoms. The van der Waals surface area contributed by atoms with Crippen LogP contribution in [-0.4, -0.2) is 34.4 Å². The molecule has 3 heterocycles. The topological polar surface area (TPSA) is 80.6 Å². The number of nitrogens with one attached hydrogen (secondary N) is 1. The molecule has 0 aliphatic heterocycles. The van der Waals surface area contributed by atoms with E-state index in [1.807, 2.05) is 22.8 Å². The lowest BCUT2D eigenvalue weighted by Gasteiger charge is -2.06. The molecule has 0 radical (unpaired) electrons. The zero-order valence-electron chi connectivity index (χ0n) is 16.5. The number of aromatic amines is 1. The number of H-pyrrole nitrogens is 1. The molecular weight excluding hydrogens is 494 g/mol. The van der Waals surface area contributed by atoms with Crippen molar-refractivity contribution in [2.45, 2.75) is 4.21 Å². The van der Waals surface area contributed by atoms with Gasteiger partial charge in [0.2, 0.25) is 0 Å². The normalized spacial score (nSPS) is 11.2. The fourth-order valence-corrected chi connectivity index (χ4v) is 5.23. The Labute approximate surface area is 199 Å². The number of halogens is 3. The predicted octanol–water partition coefficient (Wildman–Crippen LogP) is 5.53. The number of imidazole rings is 1. The number of thiophene rings is 1. The number of benzene rings is 2. The van der Waals surface area contributed by atoms with Crippen LogP contribution in [0.25, 0.3) is 38.4 Å². The van der Waals surface area contributed by atoms with Crippen molar-refractivity contribution >= 4 is 57.0 Å². The number of nitrogens with zero attached hydrogens (tertiary/aromatic N) is 3. The van der Waals surface area contributed by atoms with Crippen LogP contribution >= 0.6 is 36.2 Å². The van der Waals surface area contributed by atoms with E-state index < -0.39 is 9.84 Å². The molecule has 5 aromatic rings. The molecule has 0 fully saturated rings. The van der Waals surface area contributed by atoms with Gasteiger partial charge in [0.15, 0.2) is 9.84 Å². The maximum atomic E-state index is 13.3. The van der Waals surface area contributed by atoms with Crippen LogP contribution in [0.1, 0.15) is 0 Å². The number of rotatable bonds is 4. The molecular formula is C21H17Cl2FN4O2S2. The van der Waals surface area contributed by atoms with Gasteiger partial charge in [-0.2, -0.15) is 5.10 Å². The van der Waals surface area contributed by atoms with E-state index in [1.165, 1.54) is 29.7 Å². The average molecular weight is 511 g/mol. The van der Waals surface area contributed by atoms with Gasteiger partial charge in [0.1, 0.15) is 21.4 Å². The summed E-state index contributed by atoms with van der Waals surface area (Å²) in [4.78, 5) is 4.43. The highest BCUT2D eigenvalue weighted by molar-refractivity contribution is 7.92. The zero-order valence-corrected chi connectivity index (χ0v) is 19.8. The zero-order chi connectivity index (χ0) is 20.9. The van der Waals surface area contributed by atoms with Gasteiger partial charge >= 0.3 is 0 Å². The molecule has 5 rings (SSSR count). The Bertz CT molecular complexity index is 1490. The van der Waals surface area contributed by atoms with Crippen LogP contribution in [0.3, 0.4) is 0 Å². The van der Waals surface area contributed by atoms with E-state index in [2.05, 4.69) is 15.2 Å². The molecule has 0 spiro atoms. The summed E-state index contributed by atoms with van der Waals surface area (Å²) in [6, 6.07) is 15.5. The SMILES string of the molecule is CS(=O)(=O)c1ccc(-n2cnc3ccc(-c4cn[nH]c4-c4ccc(F)cc4)cc32)s1.Cl.Cl. The van der Waals surface area contributed by atoms with Gasteiger partial charge in [-0.05, 0) is 54.1 Å². The Hall–Kier alpha value is -2.72. The van der Waals surface area contributed by atoms with Crippen LogP contribution in [-0.2, 0) is 9.84 Å². The van der Waals surface area contributed by atoms with Crippen LogP contribution < -0.4 is 0 Å². The van der Waals surface area contributed by atoms with E-state index in [1.54, 1.807) is 36.8 Å². The molecule has 0 atom stereocenters. The minimum Gasteiger partial charge on any atom is -0.290 e. The lowest BCUT2D eigenvalue weighted by atomic mass is 10.0. The maximum Gasteiger partial charge on any atom is 0.184 e. The van der Waals surface area contributed by atoms with Gasteiger partial charge in [0.25, 0.3) is 0 Å². The molecule has 1 N–H and O–H groups in total. The predicted molar refractivity (Wildman–Crippen MR) is 130 cm³/mol. The number of fused-ring (bicyclic) bond motifs is 1. The molecule has 0 unspecified atom stereocenters. The smallest absolute Gasteiger partial charge is 0.184 e.